The highest BCUT2D eigenvalue weighted by Gasteiger charge is 2.36. The Labute approximate surface area is 157 Å². The minimum Gasteiger partial charge on any atom is -0.314 e. The number of hydrazone groups is 1. The summed E-state index contributed by atoms with van der Waals surface area (Å²) in [6, 6.07) is 5.81. The SMILES string of the molecule is CC(=NCCN1CCNCC1)[C@H]1C(=O)N(c2ccc([N+](=O)[O-])cc2)N=C1C. The van der Waals surface area contributed by atoms with E-state index in [1.165, 1.54) is 29.3 Å². The highest BCUT2D eigenvalue weighted by Crippen LogP contribution is 2.26. The number of hydrogen-bond acceptors (Lipinski definition) is 7. The standard InChI is InChI=1S/C18H24N6O3/c1-13(20-9-12-22-10-7-19-8-11-22)17-14(2)21-23(18(17)25)15-3-5-16(6-4-15)24(26)27/h3-6,17,19H,7-12H2,1-2H3/t17-/m1/s1. The zero-order valence-electron chi connectivity index (χ0n) is 15.6. The zero-order chi connectivity index (χ0) is 19.4. The van der Waals surface area contributed by atoms with Crippen molar-refractivity contribution in [2.24, 2.45) is 16.0 Å². The fourth-order valence-corrected chi connectivity index (χ4v) is 3.34. The number of non-ortho nitro benzene ring substituents is 1. The third-order valence-electron chi connectivity index (χ3n) is 4.84. The van der Waals surface area contributed by atoms with Gasteiger partial charge in [0.25, 0.3) is 11.6 Å². The number of hydrogen-bond donors (Lipinski definition) is 1. The van der Waals surface area contributed by atoms with Gasteiger partial charge in [0, 0.05) is 50.6 Å². The van der Waals surface area contributed by atoms with E-state index >= 15 is 0 Å². The van der Waals surface area contributed by atoms with Crippen molar-refractivity contribution >= 4 is 28.7 Å². The molecule has 9 nitrogen and oxygen atoms in total. The second-order valence-electron chi connectivity index (χ2n) is 6.71. The van der Waals surface area contributed by atoms with E-state index < -0.39 is 10.8 Å². The molecule has 1 atom stereocenters. The average Bonchev–Trinajstić information content (AvgIpc) is 2.97. The Balaban J connectivity index is 1.64. The van der Waals surface area contributed by atoms with E-state index in [9.17, 15) is 14.9 Å². The molecule has 1 saturated heterocycles. The maximum atomic E-state index is 12.8. The Kier molecular flexibility index (Phi) is 5.92. The van der Waals surface area contributed by atoms with Gasteiger partial charge in [-0.2, -0.15) is 10.1 Å². The van der Waals surface area contributed by atoms with Gasteiger partial charge in [-0.1, -0.05) is 0 Å². The molecule has 3 rings (SSSR count). The van der Waals surface area contributed by atoms with Crippen LogP contribution in [0.3, 0.4) is 0 Å². The van der Waals surface area contributed by atoms with Gasteiger partial charge in [0.15, 0.2) is 0 Å². The number of carbonyl (C=O) groups is 1. The third-order valence-corrected chi connectivity index (χ3v) is 4.84. The van der Waals surface area contributed by atoms with Gasteiger partial charge >= 0.3 is 0 Å². The molecule has 1 N–H and O–H groups in total. The summed E-state index contributed by atoms with van der Waals surface area (Å²) in [7, 11) is 0. The van der Waals surface area contributed by atoms with E-state index in [-0.39, 0.29) is 11.6 Å². The van der Waals surface area contributed by atoms with Gasteiger partial charge in [-0.05, 0) is 26.0 Å². The zero-order valence-corrected chi connectivity index (χ0v) is 15.6. The molecule has 0 aromatic heterocycles. The number of piperazine rings is 1. The first-order chi connectivity index (χ1) is 13.0. The Morgan fingerprint density at radius 3 is 2.63 bits per heavy atom. The van der Waals surface area contributed by atoms with E-state index in [2.05, 4.69) is 20.3 Å². The number of nitro groups is 1. The van der Waals surface area contributed by atoms with Crippen molar-refractivity contribution in [3.05, 3.63) is 34.4 Å². The molecular weight excluding hydrogens is 348 g/mol. The first-order valence-corrected chi connectivity index (χ1v) is 9.05. The highest BCUT2D eigenvalue weighted by molar-refractivity contribution is 6.27. The summed E-state index contributed by atoms with van der Waals surface area (Å²) in [6.45, 7) is 9.24. The predicted octanol–water partition coefficient (Wildman–Crippen LogP) is 1.30. The Hall–Kier alpha value is -2.65. The number of nitro benzene ring substituents is 1. The number of anilines is 1. The molecule has 1 amide bonds. The molecule has 2 aliphatic rings. The molecule has 0 unspecified atom stereocenters. The van der Waals surface area contributed by atoms with Crippen molar-refractivity contribution in [2.45, 2.75) is 13.8 Å². The second-order valence-corrected chi connectivity index (χ2v) is 6.71. The van der Waals surface area contributed by atoms with Crippen molar-refractivity contribution in [3.8, 4) is 0 Å². The number of nitrogens with zero attached hydrogens (tertiary/aromatic N) is 5. The van der Waals surface area contributed by atoms with Crippen LogP contribution in [0.5, 0.6) is 0 Å². The molecule has 9 heteroatoms. The molecule has 27 heavy (non-hydrogen) atoms. The van der Waals surface area contributed by atoms with E-state index in [0.717, 1.165) is 38.4 Å². The molecule has 2 heterocycles. The van der Waals surface area contributed by atoms with Gasteiger partial charge < -0.3 is 5.32 Å². The maximum Gasteiger partial charge on any atom is 0.269 e. The van der Waals surface area contributed by atoms with Crippen molar-refractivity contribution < 1.29 is 9.72 Å². The lowest BCUT2D eigenvalue weighted by Crippen LogP contribution is -2.44. The maximum absolute atomic E-state index is 12.8. The molecule has 0 saturated carbocycles. The van der Waals surface area contributed by atoms with Crippen LogP contribution in [0.25, 0.3) is 0 Å². The highest BCUT2D eigenvalue weighted by atomic mass is 16.6. The van der Waals surface area contributed by atoms with Gasteiger partial charge in [0.05, 0.1) is 22.9 Å². The van der Waals surface area contributed by atoms with E-state index in [1.807, 2.05) is 13.8 Å². The van der Waals surface area contributed by atoms with Crippen LogP contribution >= 0.6 is 0 Å². The number of nitrogens with one attached hydrogen (secondary N) is 1. The summed E-state index contributed by atoms with van der Waals surface area (Å²) >= 11 is 0. The van der Waals surface area contributed by atoms with E-state index in [0.29, 0.717) is 17.9 Å². The summed E-state index contributed by atoms with van der Waals surface area (Å²) in [5, 5.41) is 19.8. The minimum absolute atomic E-state index is 0.0201. The number of rotatable bonds is 6. The lowest BCUT2D eigenvalue weighted by atomic mass is 9.99. The van der Waals surface area contributed by atoms with Crippen LogP contribution in [0.1, 0.15) is 13.8 Å². The van der Waals surface area contributed by atoms with Crippen molar-refractivity contribution in [3.63, 3.8) is 0 Å². The monoisotopic (exact) mass is 372 g/mol. The predicted molar refractivity (Wildman–Crippen MR) is 104 cm³/mol. The van der Waals surface area contributed by atoms with Crippen LogP contribution in [0.4, 0.5) is 11.4 Å². The Morgan fingerprint density at radius 2 is 2.00 bits per heavy atom. The molecule has 0 bridgehead atoms. The van der Waals surface area contributed by atoms with Crippen LogP contribution in [0, 0.1) is 16.0 Å². The second kappa shape index (κ2) is 8.36. The number of aliphatic imine (C=N–C) groups is 1. The summed E-state index contributed by atoms with van der Waals surface area (Å²) < 4.78 is 0. The van der Waals surface area contributed by atoms with E-state index in [1.54, 1.807) is 0 Å². The van der Waals surface area contributed by atoms with Gasteiger partial charge in [0.1, 0.15) is 5.92 Å². The first-order valence-electron chi connectivity index (χ1n) is 9.05. The fraction of sp³-hybridized carbons (Fsp3) is 0.500. The normalized spacial score (nSPS) is 21.5. The quantitative estimate of drug-likeness (QED) is 0.460. The van der Waals surface area contributed by atoms with Crippen molar-refractivity contribution in [2.75, 3.05) is 44.3 Å². The summed E-state index contributed by atoms with van der Waals surface area (Å²) in [5.74, 6) is -0.645. The third kappa shape index (κ3) is 4.37. The summed E-state index contributed by atoms with van der Waals surface area (Å²) in [6.07, 6.45) is 0. The molecule has 0 aliphatic carbocycles. The summed E-state index contributed by atoms with van der Waals surface area (Å²) in [5.41, 5.74) is 1.93. The van der Waals surface area contributed by atoms with Crippen LogP contribution in [-0.4, -0.2) is 66.4 Å². The molecule has 2 aliphatic heterocycles. The largest absolute Gasteiger partial charge is 0.314 e. The summed E-state index contributed by atoms with van der Waals surface area (Å²) in [4.78, 5) is 30.1. The Morgan fingerprint density at radius 1 is 1.33 bits per heavy atom. The molecular formula is C18H24N6O3. The lowest BCUT2D eigenvalue weighted by molar-refractivity contribution is -0.384. The van der Waals surface area contributed by atoms with Crippen molar-refractivity contribution in [1.82, 2.24) is 10.2 Å². The van der Waals surface area contributed by atoms with Crippen LogP contribution < -0.4 is 10.3 Å². The van der Waals surface area contributed by atoms with Crippen molar-refractivity contribution in [1.29, 1.82) is 0 Å². The van der Waals surface area contributed by atoms with E-state index in [4.69, 9.17) is 0 Å². The topological polar surface area (TPSA) is 103 Å². The smallest absolute Gasteiger partial charge is 0.269 e. The molecule has 144 valence electrons. The lowest BCUT2D eigenvalue weighted by Gasteiger charge is -2.26. The number of amides is 1. The number of carbonyl (C=O) groups excluding carboxylic acids is 1. The average molecular weight is 372 g/mol. The minimum atomic E-state index is -0.470. The molecule has 1 aromatic carbocycles. The van der Waals surface area contributed by atoms with Gasteiger partial charge in [-0.25, -0.2) is 0 Å². The fourth-order valence-electron chi connectivity index (χ4n) is 3.34. The van der Waals surface area contributed by atoms with Gasteiger partial charge in [-0.3, -0.25) is 24.8 Å². The Bertz CT molecular complexity index is 768. The molecule has 0 radical (unpaired) electrons. The molecule has 1 aromatic rings. The van der Waals surface area contributed by atoms with Gasteiger partial charge in [0.2, 0.25) is 0 Å². The van der Waals surface area contributed by atoms with Crippen LogP contribution in [0.15, 0.2) is 34.4 Å². The van der Waals surface area contributed by atoms with Gasteiger partial charge in [-0.15, -0.1) is 0 Å². The number of benzene rings is 1. The van der Waals surface area contributed by atoms with Crippen LogP contribution in [0.2, 0.25) is 0 Å². The first kappa shape index (κ1) is 19.1. The molecule has 0 spiro atoms. The van der Waals surface area contributed by atoms with Crippen LogP contribution in [-0.2, 0) is 4.79 Å². The molecule has 1 fully saturated rings.